The second-order valence-electron chi connectivity index (χ2n) is 6.01. The van der Waals surface area contributed by atoms with Crippen molar-refractivity contribution in [3.63, 3.8) is 0 Å². The predicted molar refractivity (Wildman–Crippen MR) is 112 cm³/mol. The van der Waals surface area contributed by atoms with Gasteiger partial charge >= 0.3 is 0 Å². The Balaban J connectivity index is 1.39. The lowest BCUT2D eigenvalue weighted by atomic mass is 10.2. The summed E-state index contributed by atoms with van der Waals surface area (Å²) in [5.41, 5.74) is 1.22. The molecule has 7 nitrogen and oxygen atoms in total. The van der Waals surface area contributed by atoms with Gasteiger partial charge in [0.1, 0.15) is 10.8 Å². The Morgan fingerprint density at radius 2 is 1.90 bits per heavy atom. The minimum absolute atomic E-state index is 0.0649. The van der Waals surface area contributed by atoms with Crippen LogP contribution < -0.4 is 10.6 Å². The molecule has 0 aliphatic rings. The number of hydrogen-bond acceptors (Lipinski definition) is 7. The van der Waals surface area contributed by atoms with Crippen molar-refractivity contribution in [2.45, 2.75) is 24.8 Å². The van der Waals surface area contributed by atoms with Crippen LogP contribution in [-0.2, 0) is 4.79 Å². The van der Waals surface area contributed by atoms with Crippen LogP contribution in [0.4, 0.5) is 15.3 Å². The van der Waals surface area contributed by atoms with Crippen LogP contribution in [0.1, 0.15) is 28.9 Å². The fourth-order valence-corrected chi connectivity index (χ4v) is 3.72. The fraction of sp³-hybridized carbons (Fsp3) is 0.211. The van der Waals surface area contributed by atoms with Crippen molar-refractivity contribution in [2.75, 3.05) is 16.4 Å². The van der Waals surface area contributed by atoms with E-state index >= 15 is 0 Å². The highest BCUT2D eigenvalue weighted by Crippen LogP contribution is 2.18. The Morgan fingerprint density at radius 1 is 1.10 bits per heavy atom. The first-order chi connectivity index (χ1) is 14.0. The normalized spacial score (nSPS) is 10.6. The summed E-state index contributed by atoms with van der Waals surface area (Å²) < 4.78 is 12.9. The maximum absolute atomic E-state index is 12.9. The number of anilines is 2. The van der Waals surface area contributed by atoms with E-state index in [-0.39, 0.29) is 11.8 Å². The third kappa shape index (κ3) is 6.61. The largest absolute Gasteiger partial charge is 0.305 e. The van der Waals surface area contributed by atoms with Crippen LogP contribution in [0.25, 0.3) is 0 Å². The molecule has 0 saturated heterocycles. The SMILES string of the molecule is Cc1csc(NC(=O)CCCSc2ccc(NC(=O)c3ccc(F)cc3)nn2)n1. The standard InChI is InChI=1S/C19H18FN5O2S2/c1-12-11-29-19(21-12)23-16(26)3-2-10-28-17-9-8-15(24-25-17)22-18(27)13-4-6-14(20)7-5-13/h4-9,11H,2-3,10H2,1H3,(H,21,23,26)(H,22,24,27). The zero-order chi connectivity index (χ0) is 20.6. The van der Waals surface area contributed by atoms with Crippen LogP contribution in [0.15, 0.2) is 46.8 Å². The summed E-state index contributed by atoms with van der Waals surface area (Å²) in [6, 6.07) is 8.63. The molecule has 10 heteroatoms. The summed E-state index contributed by atoms with van der Waals surface area (Å²) in [4.78, 5) is 28.1. The Labute approximate surface area is 175 Å². The van der Waals surface area contributed by atoms with Gasteiger partial charge in [0, 0.05) is 23.1 Å². The molecule has 0 bridgehead atoms. The molecular formula is C19H18FN5O2S2. The van der Waals surface area contributed by atoms with Gasteiger partial charge in [-0.1, -0.05) is 0 Å². The predicted octanol–water partition coefficient (Wildman–Crippen LogP) is 4.14. The highest BCUT2D eigenvalue weighted by Gasteiger charge is 2.08. The Kier molecular flexibility index (Phi) is 7.25. The summed E-state index contributed by atoms with van der Waals surface area (Å²) >= 11 is 2.88. The molecular weight excluding hydrogens is 413 g/mol. The van der Waals surface area contributed by atoms with Gasteiger partial charge in [0.25, 0.3) is 5.91 Å². The lowest BCUT2D eigenvalue weighted by Crippen LogP contribution is -2.13. The van der Waals surface area contributed by atoms with Gasteiger partial charge in [-0.25, -0.2) is 9.37 Å². The number of thioether (sulfide) groups is 1. The molecule has 3 aromatic rings. The number of benzene rings is 1. The van der Waals surface area contributed by atoms with Crippen molar-refractivity contribution >= 4 is 45.9 Å². The van der Waals surface area contributed by atoms with E-state index in [1.807, 2.05) is 12.3 Å². The minimum atomic E-state index is -0.404. The van der Waals surface area contributed by atoms with E-state index in [1.165, 1.54) is 47.4 Å². The molecule has 150 valence electrons. The van der Waals surface area contributed by atoms with E-state index in [2.05, 4.69) is 25.8 Å². The summed E-state index contributed by atoms with van der Waals surface area (Å²) in [5, 5.41) is 16.6. The molecule has 0 unspecified atom stereocenters. The van der Waals surface area contributed by atoms with Crippen molar-refractivity contribution in [3.8, 4) is 0 Å². The van der Waals surface area contributed by atoms with Crippen LogP contribution in [0, 0.1) is 12.7 Å². The topological polar surface area (TPSA) is 96.9 Å². The molecule has 0 radical (unpaired) electrons. The zero-order valence-corrected chi connectivity index (χ0v) is 17.1. The lowest BCUT2D eigenvalue weighted by Gasteiger charge is -2.05. The van der Waals surface area contributed by atoms with Crippen molar-refractivity contribution in [2.24, 2.45) is 0 Å². The number of carbonyl (C=O) groups excluding carboxylic acids is 2. The van der Waals surface area contributed by atoms with Gasteiger partial charge in [0.15, 0.2) is 10.9 Å². The lowest BCUT2D eigenvalue weighted by molar-refractivity contribution is -0.116. The molecule has 0 saturated carbocycles. The molecule has 2 heterocycles. The molecule has 0 spiro atoms. The number of rotatable bonds is 8. The summed E-state index contributed by atoms with van der Waals surface area (Å²) in [6.45, 7) is 1.88. The quantitative estimate of drug-likeness (QED) is 0.411. The molecule has 29 heavy (non-hydrogen) atoms. The number of thiazole rings is 1. The van der Waals surface area contributed by atoms with E-state index in [4.69, 9.17) is 0 Å². The first kappa shape index (κ1) is 20.9. The van der Waals surface area contributed by atoms with E-state index in [0.717, 1.165) is 5.69 Å². The van der Waals surface area contributed by atoms with Gasteiger partial charge in [-0.15, -0.1) is 33.3 Å². The van der Waals surface area contributed by atoms with Crippen LogP contribution in [0.2, 0.25) is 0 Å². The van der Waals surface area contributed by atoms with E-state index in [0.29, 0.717) is 40.1 Å². The zero-order valence-electron chi connectivity index (χ0n) is 15.5. The second-order valence-corrected chi connectivity index (χ2v) is 7.99. The first-order valence-electron chi connectivity index (χ1n) is 8.75. The number of nitrogens with one attached hydrogen (secondary N) is 2. The maximum atomic E-state index is 12.9. The number of halogens is 1. The Bertz CT molecular complexity index is 977. The molecule has 0 atom stereocenters. The molecule has 3 rings (SSSR count). The molecule has 2 N–H and O–H groups in total. The Morgan fingerprint density at radius 3 is 2.55 bits per heavy atom. The summed E-state index contributed by atoms with van der Waals surface area (Å²) in [5.74, 6) is 0.159. The van der Waals surface area contributed by atoms with Gasteiger partial charge < -0.3 is 10.6 Å². The van der Waals surface area contributed by atoms with Gasteiger partial charge in [-0.05, 0) is 49.7 Å². The van der Waals surface area contributed by atoms with E-state index in [9.17, 15) is 14.0 Å². The van der Waals surface area contributed by atoms with Crippen molar-refractivity contribution in [1.29, 1.82) is 0 Å². The van der Waals surface area contributed by atoms with Crippen LogP contribution in [0.3, 0.4) is 0 Å². The van der Waals surface area contributed by atoms with E-state index < -0.39 is 5.82 Å². The van der Waals surface area contributed by atoms with Gasteiger partial charge in [0.2, 0.25) is 5.91 Å². The fourth-order valence-electron chi connectivity index (χ4n) is 2.26. The number of hydrogen-bond donors (Lipinski definition) is 2. The second kappa shape index (κ2) is 10.1. The molecule has 1 aromatic carbocycles. The Hall–Kier alpha value is -2.85. The van der Waals surface area contributed by atoms with E-state index in [1.54, 1.807) is 12.1 Å². The van der Waals surface area contributed by atoms with Crippen LogP contribution >= 0.6 is 23.1 Å². The highest BCUT2D eigenvalue weighted by molar-refractivity contribution is 7.99. The number of nitrogens with zero attached hydrogens (tertiary/aromatic N) is 3. The number of amides is 2. The molecule has 2 amide bonds. The maximum Gasteiger partial charge on any atom is 0.256 e. The van der Waals surface area contributed by atoms with Gasteiger partial charge in [0.05, 0.1) is 5.69 Å². The number of aromatic nitrogens is 3. The average Bonchev–Trinajstić information content (AvgIpc) is 3.11. The monoisotopic (exact) mass is 431 g/mol. The molecule has 2 aromatic heterocycles. The molecule has 0 fully saturated rings. The number of aryl methyl sites for hydroxylation is 1. The highest BCUT2D eigenvalue weighted by atomic mass is 32.2. The average molecular weight is 432 g/mol. The van der Waals surface area contributed by atoms with Crippen LogP contribution in [0.5, 0.6) is 0 Å². The van der Waals surface area contributed by atoms with Gasteiger partial charge in [-0.3, -0.25) is 9.59 Å². The molecule has 0 aliphatic heterocycles. The smallest absolute Gasteiger partial charge is 0.256 e. The molecule has 0 aliphatic carbocycles. The van der Waals surface area contributed by atoms with Crippen LogP contribution in [-0.4, -0.2) is 32.7 Å². The van der Waals surface area contributed by atoms with Crippen molar-refractivity contribution < 1.29 is 14.0 Å². The first-order valence-corrected chi connectivity index (χ1v) is 10.6. The third-order valence-electron chi connectivity index (χ3n) is 3.65. The summed E-state index contributed by atoms with van der Waals surface area (Å²) in [6.07, 6.45) is 1.08. The van der Waals surface area contributed by atoms with Gasteiger partial charge in [-0.2, -0.15) is 0 Å². The third-order valence-corrected chi connectivity index (χ3v) is 5.53. The summed E-state index contributed by atoms with van der Waals surface area (Å²) in [7, 11) is 0. The number of carbonyl (C=O) groups is 2. The minimum Gasteiger partial charge on any atom is -0.305 e. The van der Waals surface area contributed by atoms with Crippen molar-refractivity contribution in [1.82, 2.24) is 15.2 Å². The van der Waals surface area contributed by atoms with Crippen molar-refractivity contribution in [3.05, 3.63) is 58.9 Å².